The van der Waals surface area contributed by atoms with Crippen molar-refractivity contribution in [3.63, 3.8) is 0 Å². The van der Waals surface area contributed by atoms with E-state index >= 15 is 0 Å². The highest BCUT2D eigenvalue weighted by Crippen LogP contribution is 2.13. The van der Waals surface area contributed by atoms with Gasteiger partial charge in [0.05, 0.1) is 0 Å². The Morgan fingerprint density at radius 1 is 1.25 bits per heavy atom. The van der Waals surface area contributed by atoms with Gasteiger partial charge >= 0.3 is 0 Å². The zero-order valence-corrected chi connectivity index (χ0v) is 12.9. The molecule has 0 saturated heterocycles. The number of ketones is 1. The SMILES string of the molecule is CC(=O)c1cccc(NC(=O)/C=C/c2ccc(I)o2)c1. The number of hydrogen-bond acceptors (Lipinski definition) is 3. The maximum Gasteiger partial charge on any atom is 0.248 e. The van der Waals surface area contributed by atoms with E-state index in [2.05, 4.69) is 27.9 Å². The van der Waals surface area contributed by atoms with Crippen LogP contribution in [-0.4, -0.2) is 11.7 Å². The highest BCUT2D eigenvalue weighted by molar-refractivity contribution is 14.1. The molecule has 1 amide bonds. The number of nitrogens with one attached hydrogen (secondary N) is 1. The summed E-state index contributed by atoms with van der Waals surface area (Å²) in [5.74, 6) is 0.293. The first-order valence-corrected chi connectivity index (χ1v) is 6.98. The van der Waals surface area contributed by atoms with Crippen LogP contribution in [0.4, 0.5) is 5.69 Å². The first kappa shape index (κ1) is 14.5. The third kappa shape index (κ3) is 4.06. The molecule has 0 fully saturated rings. The van der Waals surface area contributed by atoms with Gasteiger partial charge in [-0.25, -0.2) is 0 Å². The van der Waals surface area contributed by atoms with Gasteiger partial charge in [0.15, 0.2) is 9.55 Å². The van der Waals surface area contributed by atoms with E-state index in [9.17, 15) is 9.59 Å². The molecular weight excluding hydrogens is 369 g/mol. The minimum absolute atomic E-state index is 0.0400. The highest BCUT2D eigenvalue weighted by Gasteiger charge is 2.03. The van der Waals surface area contributed by atoms with Gasteiger partial charge in [0.2, 0.25) is 5.91 Å². The summed E-state index contributed by atoms with van der Waals surface area (Å²) in [7, 11) is 0. The Hall–Kier alpha value is -1.89. The summed E-state index contributed by atoms with van der Waals surface area (Å²) >= 11 is 2.05. The molecule has 0 spiro atoms. The molecule has 2 aromatic rings. The maximum atomic E-state index is 11.7. The van der Waals surface area contributed by atoms with E-state index in [0.717, 1.165) is 3.77 Å². The number of Topliss-reactive ketones (excluding diaryl/α,β-unsaturated/α-hetero) is 1. The molecule has 20 heavy (non-hydrogen) atoms. The van der Waals surface area contributed by atoms with Crippen LogP contribution in [0.1, 0.15) is 23.0 Å². The summed E-state index contributed by atoms with van der Waals surface area (Å²) in [5.41, 5.74) is 1.15. The van der Waals surface area contributed by atoms with Gasteiger partial charge in [-0.2, -0.15) is 0 Å². The minimum atomic E-state index is -0.280. The fourth-order valence-electron chi connectivity index (χ4n) is 1.58. The fourth-order valence-corrected chi connectivity index (χ4v) is 2.01. The van der Waals surface area contributed by atoms with Gasteiger partial charge in [-0.1, -0.05) is 12.1 Å². The van der Waals surface area contributed by atoms with Gasteiger partial charge < -0.3 is 9.73 Å². The van der Waals surface area contributed by atoms with Gasteiger partial charge in [0.25, 0.3) is 0 Å². The predicted molar refractivity (Wildman–Crippen MR) is 85.5 cm³/mol. The van der Waals surface area contributed by atoms with Crippen molar-refractivity contribution < 1.29 is 14.0 Å². The Morgan fingerprint density at radius 3 is 2.70 bits per heavy atom. The largest absolute Gasteiger partial charge is 0.451 e. The smallest absolute Gasteiger partial charge is 0.248 e. The molecule has 102 valence electrons. The number of carbonyl (C=O) groups is 2. The van der Waals surface area contributed by atoms with Crippen LogP contribution >= 0.6 is 22.6 Å². The summed E-state index contributed by atoms with van der Waals surface area (Å²) < 4.78 is 6.07. The second-order valence-corrected chi connectivity index (χ2v) is 5.16. The zero-order valence-electron chi connectivity index (χ0n) is 10.7. The molecule has 5 heteroatoms. The van der Waals surface area contributed by atoms with Crippen molar-refractivity contribution in [3.05, 3.63) is 57.6 Å². The molecule has 0 radical (unpaired) electrons. The third-order valence-electron chi connectivity index (χ3n) is 2.53. The monoisotopic (exact) mass is 381 g/mol. The van der Waals surface area contributed by atoms with Crippen molar-refractivity contribution in [2.24, 2.45) is 0 Å². The molecule has 1 aromatic carbocycles. The van der Waals surface area contributed by atoms with Crippen LogP contribution in [0, 0.1) is 3.77 Å². The normalized spacial score (nSPS) is 10.7. The van der Waals surface area contributed by atoms with Gasteiger partial charge in [0.1, 0.15) is 5.76 Å². The van der Waals surface area contributed by atoms with Crippen molar-refractivity contribution in [1.29, 1.82) is 0 Å². The average molecular weight is 381 g/mol. The highest BCUT2D eigenvalue weighted by atomic mass is 127. The van der Waals surface area contributed by atoms with Crippen LogP contribution in [-0.2, 0) is 4.79 Å². The summed E-state index contributed by atoms with van der Waals surface area (Å²) in [6.45, 7) is 1.49. The minimum Gasteiger partial charge on any atom is -0.451 e. The second-order valence-electron chi connectivity index (χ2n) is 4.10. The number of furan rings is 1. The molecule has 0 saturated carbocycles. The Balaban J connectivity index is 2.02. The van der Waals surface area contributed by atoms with E-state index in [1.807, 2.05) is 6.07 Å². The molecule has 0 unspecified atom stereocenters. The van der Waals surface area contributed by atoms with Crippen molar-refractivity contribution in [2.75, 3.05) is 5.32 Å². The first-order chi connectivity index (χ1) is 9.54. The Bertz CT molecular complexity index is 673. The maximum absolute atomic E-state index is 11.7. The lowest BCUT2D eigenvalue weighted by molar-refractivity contribution is -0.111. The van der Waals surface area contributed by atoms with Crippen molar-refractivity contribution in [2.45, 2.75) is 6.92 Å². The summed E-state index contributed by atoms with van der Waals surface area (Å²) in [5, 5.41) is 2.69. The van der Waals surface area contributed by atoms with E-state index in [1.54, 1.807) is 36.4 Å². The van der Waals surface area contributed by atoms with Crippen LogP contribution < -0.4 is 5.32 Å². The molecule has 1 aromatic heterocycles. The first-order valence-electron chi connectivity index (χ1n) is 5.90. The number of carbonyl (C=O) groups excluding carboxylic acids is 2. The molecule has 0 atom stereocenters. The number of hydrogen-bond donors (Lipinski definition) is 1. The van der Waals surface area contributed by atoms with Gasteiger partial charge in [-0.3, -0.25) is 9.59 Å². The molecule has 0 aliphatic heterocycles. The summed E-state index contributed by atoms with van der Waals surface area (Å²) in [4.78, 5) is 23.0. The molecule has 1 N–H and O–H groups in total. The number of amides is 1. The van der Waals surface area contributed by atoms with Gasteiger partial charge in [-0.05, 0) is 59.9 Å². The Labute approximate surface area is 130 Å². The van der Waals surface area contributed by atoms with Crippen LogP contribution in [0.25, 0.3) is 6.08 Å². The molecule has 1 heterocycles. The Kier molecular flexibility index (Phi) is 4.73. The standard InChI is InChI=1S/C15H12INO3/c1-10(18)11-3-2-4-12(9-11)17-15(19)8-6-13-5-7-14(16)20-13/h2-9H,1H3,(H,17,19)/b8-6+. The lowest BCUT2D eigenvalue weighted by Gasteiger charge is -2.03. The van der Waals surface area contributed by atoms with E-state index in [1.165, 1.54) is 13.0 Å². The van der Waals surface area contributed by atoms with Crippen LogP contribution in [0.5, 0.6) is 0 Å². The average Bonchev–Trinajstić information content (AvgIpc) is 2.82. The summed E-state index contributed by atoms with van der Waals surface area (Å²) in [6.07, 6.45) is 2.97. The molecule has 2 rings (SSSR count). The quantitative estimate of drug-likeness (QED) is 0.499. The molecule has 0 bridgehead atoms. The van der Waals surface area contributed by atoms with Gasteiger partial charge in [-0.15, -0.1) is 0 Å². The molecule has 4 nitrogen and oxygen atoms in total. The third-order valence-corrected chi connectivity index (χ3v) is 3.11. The van der Waals surface area contributed by atoms with E-state index < -0.39 is 0 Å². The van der Waals surface area contributed by atoms with E-state index in [0.29, 0.717) is 17.0 Å². The van der Waals surface area contributed by atoms with E-state index in [4.69, 9.17) is 4.42 Å². The van der Waals surface area contributed by atoms with Crippen molar-refractivity contribution >= 4 is 46.0 Å². The predicted octanol–water partition coefficient (Wildman–Crippen LogP) is 3.74. The number of rotatable bonds is 4. The van der Waals surface area contributed by atoms with Crippen LogP contribution in [0.2, 0.25) is 0 Å². The van der Waals surface area contributed by atoms with Crippen LogP contribution in [0.15, 0.2) is 46.9 Å². The lowest BCUT2D eigenvalue weighted by Crippen LogP contribution is -2.08. The van der Waals surface area contributed by atoms with Crippen molar-refractivity contribution in [1.82, 2.24) is 0 Å². The summed E-state index contributed by atoms with van der Waals surface area (Å²) in [6, 6.07) is 10.4. The topological polar surface area (TPSA) is 59.3 Å². The molecule has 0 aliphatic rings. The van der Waals surface area contributed by atoms with Crippen molar-refractivity contribution in [3.8, 4) is 0 Å². The molecular formula is C15H12INO3. The lowest BCUT2D eigenvalue weighted by atomic mass is 10.1. The fraction of sp³-hybridized carbons (Fsp3) is 0.0667. The Morgan fingerprint density at radius 2 is 2.05 bits per heavy atom. The van der Waals surface area contributed by atoms with E-state index in [-0.39, 0.29) is 11.7 Å². The zero-order chi connectivity index (χ0) is 14.5. The number of anilines is 1. The van der Waals surface area contributed by atoms with Crippen LogP contribution in [0.3, 0.4) is 0 Å². The number of halogens is 1. The molecule has 0 aliphatic carbocycles. The number of benzene rings is 1. The second kappa shape index (κ2) is 6.51. The van der Waals surface area contributed by atoms with Gasteiger partial charge in [0, 0.05) is 17.3 Å².